The maximum absolute atomic E-state index is 8.94. The lowest BCUT2D eigenvalue weighted by Gasteiger charge is -2.20. The van der Waals surface area contributed by atoms with Crippen LogP contribution in [-0.2, 0) is 6.37 Å². The highest BCUT2D eigenvalue weighted by atomic mass is 16.3. The maximum atomic E-state index is 8.94. The van der Waals surface area contributed by atoms with Gasteiger partial charge in [-0.15, -0.1) is 0 Å². The molecule has 2 heterocycles. The van der Waals surface area contributed by atoms with Crippen molar-refractivity contribution in [2.75, 3.05) is 0 Å². The fourth-order valence-electron chi connectivity index (χ4n) is 3.81. The summed E-state index contributed by atoms with van der Waals surface area (Å²) in [7, 11) is 0. The summed E-state index contributed by atoms with van der Waals surface area (Å²) in [6.07, 6.45) is 1.91. The van der Waals surface area contributed by atoms with Crippen molar-refractivity contribution in [3.05, 3.63) is 66.6 Å². The number of nitrogens with zero attached hydrogens (tertiary/aromatic N) is 1. The molecule has 0 aliphatic carbocycles. The Labute approximate surface area is 155 Å². The normalized spacial score (nSPS) is 14.3. The number of benzene rings is 3. The van der Waals surface area contributed by atoms with E-state index in [0.29, 0.717) is 5.56 Å². The average Bonchev–Trinajstić information content (AvgIpc) is 3.13. The third-order valence-corrected chi connectivity index (χ3v) is 4.79. The molecule has 0 N–H and O–H groups in total. The van der Waals surface area contributed by atoms with Gasteiger partial charge in [-0.25, -0.2) is 0 Å². The van der Waals surface area contributed by atoms with Gasteiger partial charge in [0.05, 0.1) is 11.8 Å². The molecular weight excluding hydrogens is 318 g/mol. The predicted molar refractivity (Wildman–Crippen MR) is 110 cm³/mol. The van der Waals surface area contributed by atoms with Crippen LogP contribution in [0.15, 0.2) is 65.4 Å². The summed E-state index contributed by atoms with van der Waals surface area (Å²) in [5.74, 6) is 0. The van der Waals surface area contributed by atoms with Crippen LogP contribution >= 0.6 is 0 Å². The molecule has 128 valence electrons. The Kier molecular flexibility index (Phi) is 2.73. The molecular formula is C24H21NO. The van der Waals surface area contributed by atoms with Gasteiger partial charge in [-0.3, -0.25) is 4.98 Å². The van der Waals surface area contributed by atoms with E-state index in [2.05, 4.69) is 24.3 Å². The van der Waals surface area contributed by atoms with Crippen molar-refractivity contribution in [2.45, 2.75) is 27.1 Å². The van der Waals surface area contributed by atoms with Gasteiger partial charge in [0.2, 0.25) is 0 Å². The summed E-state index contributed by atoms with van der Waals surface area (Å²) >= 11 is 0. The first-order valence-electron chi connectivity index (χ1n) is 9.90. The first-order valence-corrected chi connectivity index (χ1v) is 8.90. The van der Waals surface area contributed by atoms with Gasteiger partial charge in [0.1, 0.15) is 5.58 Å². The predicted octanol–water partition coefficient (Wildman–Crippen LogP) is 6.88. The summed E-state index contributed by atoms with van der Waals surface area (Å²) in [5, 5.41) is 6.10. The van der Waals surface area contributed by atoms with Crippen LogP contribution in [0.5, 0.6) is 0 Å². The molecule has 5 aromatic rings. The standard InChI is InChI=1S/C24H21NO/c1-24(2,3)14-16-8-10-25-23-18-7-5-4-6-17(18)19-13-21-15(9-11-26-21)12-20(19)22(16)23/h4-13H,14H2,1-3H3/i14D2. The minimum atomic E-state index is -1.52. The quantitative estimate of drug-likeness (QED) is 0.311. The van der Waals surface area contributed by atoms with E-state index in [1.165, 1.54) is 0 Å². The minimum absolute atomic E-state index is 0.557. The average molecular weight is 341 g/mol. The lowest BCUT2D eigenvalue weighted by molar-refractivity contribution is 0.412. The second kappa shape index (κ2) is 5.31. The summed E-state index contributed by atoms with van der Waals surface area (Å²) in [6.45, 7) is 5.82. The molecule has 0 aliphatic heterocycles. The highest BCUT2D eigenvalue weighted by Gasteiger charge is 2.18. The monoisotopic (exact) mass is 341 g/mol. The Hall–Kier alpha value is -2.87. The van der Waals surface area contributed by atoms with E-state index >= 15 is 0 Å². The zero-order chi connectivity index (χ0) is 19.7. The molecule has 0 saturated heterocycles. The number of hydrogen-bond acceptors (Lipinski definition) is 2. The van der Waals surface area contributed by atoms with Crippen LogP contribution in [0.3, 0.4) is 0 Å². The number of pyridine rings is 1. The molecule has 0 saturated carbocycles. The van der Waals surface area contributed by atoms with Crippen LogP contribution in [0.2, 0.25) is 0 Å². The number of aromatic nitrogens is 1. The number of hydrogen-bond donors (Lipinski definition) is 0. The van der Waals surface area contributed by atoms with E-state index in [4.69, 9.17) is 12.1 Å². The third-order valence-electron chi connectivity index (χ3n) is 4.79. The second-order valence-electron chi connectivity index (χ2n) is 7.86. The van der Waals surface area contributed by atoms with Crippen LogP contribution in [0.25, 0.3) is 43.4 Å². The number of rotatable bonds is 1. The number of furan rings is 1. The number of fused-ring (bicyclic) bond motifs is 7. The van der Waals surface area contributed by atoms with Crippen molar-refractivity contribution < 1.29 is 7.16 Å². The SMILES string of the molecule is [2H]C([2H])(c1ccnc2c3ccccc3c3cc4occc4cc3c12)C(C)(C)C. The van der Waals surface area contributed by atoms with Crippen molar-refractivity contribution in [1.82, 2.24) is 4.98 Å². The van der Waals surface area contributed by atoms with Crippen molar-refractivity contribution in [2.24, 2.45) is 5.41 Å². The summed E-state index contributed by atoms with van der Waals surface area (Å²) in [4.78, 5) is 4.69. The Morgan fingerprint density at radius 1 is 0.962 bits per heavy atom. The van der Waals surface area contributed by atoms with Gasteiger partial charge >= 0.3 is 0 Å². The zero-order valence-electron chi connectivity index (χ0n) is 17.1. The Bertz CT molecular complexity index is 1380. The molecule has 2 heteroatoms. The second-order valence-corrected chi connectivity index (χ2v) is 7.86. The molecule has 0 radical (unpaired) electrons. The highest BCUT2D eigenvalue weighted by molar-refractivity contribution is 6.26. The van der Waals surface area contributed by atoms with E-state index in [-0.39, 0.29) is 0 Å². The molecule has 0 fully saturated rings. The molecule has 5 rings (SSSR count). The molecule has 2 nitrogen and oxygen atoms in total. The smallest absolute Gasteiger partial charge is 0.134 e. The largest absolute Gasteiger partial charge is 0.464 e. The van der Waals surface area contributed by atoms with E-state index < -0.39 is 11.8 Å². The molecule has 26 heavy (non-hydrogen) atoms. The van der Waals surface area contributed by atoms with Gasteiger partial charge in [-0.1, -0.05) is 45.0 Å². The van der Waals surface area contributed by atoms with Crippen molar-refractivity contribution in [3.8, 4) is 0 Å². The van der Waals surface area contributed by atoms with Crippen LogP contribution in [-0.4, -0.2) is 4.98 Å². The molecule has 2 aromatic heterocycles. The topological polar surface area (TPSA) is 26.0 Å². The molecule has 0 bridgehead atoms. The van der Waals surface area contributed by atoms with Gasteiger partial charge < -0.3 is 4.42 Å². The van der Waals surface area contributed by atoms with E-state index in [1.54, 1.807) is 12.5 Å². The van der Waals surface area contributed by atoms with Crippen molar-refractivity contribution >= 4 is 43.4 Å². The van der Waals surface area contributed by atoms with Gasteiger partial charge in [0.25, 0.3) is 0 Å². The Morgan fingerprint density at radius 3 is 2.58 bits per heavy atom. The van der Waals surface area contributed by atoms with E-state index in [9.17, 15) is 0 Å². The van der Waals surface area contributed by atoms with E-state index in [0.717, 1.165) is 43.4 Å². The van der Waals surface area contributed by atoms with E-state index in [1.807, 2.05) is 45.0 Å². The van der Waals surface area contributed by atoms with Gasteiger partial charge in [0, 0.05) is 25.1 Å². The Balaban J connectivity index is 2.09. The summed E-state index contributed by atoms with van der Waals surface area (Å²) in [6, 6.07) is 16.1. The first-order chi connectivity index (χ1) is 13.3. The zero-order valence-corrected chi connectivity index (χ0v) is 15.1. The van der Waals surface area contributed by atoms with Crippen molar-refractivity contribution in [1.29, 1.82) is 0 Å². The maximum Gasteiger partial charge on any atom is 0.134 e. The van der Waals surface area contributed by atoms with Crippen LogP contribution in [0.4, 0.5) is 0 Å². The molecule has 3 aromatic carbocycles. The minimum Gasteiger partial charge on any atom is -0.464 e. The van der Waals surface area contributed by atoms with Crippen LogP contribution in [0, 0.1) is 5.41 Å². The fourth-order valence-corrected chi connectivity index (χ4v) is 3.81. The summed E-state index contributed by atoms with van der Waals surface area (Å²) < 4.78 is 23.5. The molecule has 0 amide bonds. The fraction of sp³-hybridized carbons (Fsp3) is 0.208. The van der Waals surface area contributed by atoms with Gasteiger partial charge in [-0.2, -0.15) is 0 Å². The molecule has 0 aliphatic rings. The van der Waals surface area contributed by atoms with Crippen LogP contribution < -0.4 is 0 Å². The molecule has 0 atom stereocenters. The third kappa shape index (κ3) is 2.29. The van der Waals surface area contributed by atoms with Gasteiger partial charge in [0.15, 0.2) is 0 Å². The lowest BCUT2D eigenvalue weighted by atomic mass is 9.85. The molecule has 0 spiro atoms. The summed E-state index contributed by atoms with van der Waals surface area (Å²) in [5.41, 5.74) is 1.81. The Morgan fingerprint density at radius 2 is 1.77 bits per heavy atom. The van der Waals surface area contributed by atoms with Gasteiger partial charge in [-0.05, 0) is 57.8 Å². The van der Waals surface area contributed by atoms with Crippen LogP contribution in [0.1, 0.15) is 29.1 Å². The highest BCUT2D eigenvalue weighted by Crippen LogP contribution is 2.39. The molecule has 0 unspecified atom stereocenters. The lowest BCUT2D eigenvalue weighted by Crippen LogP contribution is -2.09. The van der Waals surface area contributed by atoms with Crippen molar-refractivity contribution in [3.63, 3.8) is 0 Å². The first kappa shape index (κ1) is 13.3.